The summed E-state index contributed by atoms with van der Waals surface area (Å²) in [6.07, 6.45) is 4.98. The van der Waals surface area contributed by atoms with Gasteiger partial charge >= 0.3 is 0 Å². The van der Waals surface area contributed by atoms with Gasteiger partial charge in [-0.1, -0.05) is 19.9 Å². The van der Waals surface area contributed by atoms with E-state index in [4.69, 9.17) is 0 Å². The Labute approximate surface area is 108 Å². The second-order valence-electron chi connectivity index (χ2n) is 6.09. The van der Waals surface area contributed by atoms with E-state index in [0.717, 1.165) is 0 Å². The highest BCUT2D eigenvalue weighted by molar-refractivity contribution is 5.85. The van der Waals surface area contributed by atoms with E-state index in [9.17, 15) is 5.11 Å². The van der Waals surface area contributed by atoms with E-state index < -0.39 is 0 Å². The quantitative estimate of drug-likeness (QED) is 0.834. The van der Waals surface area contributed by atoms with Crippen LogP contribution in [0.25, 0.3) is 10.9 Å². The average Bonchev–Trinajstić information content (AvgIpc) is 2.76. The minimum Gasteiger partial charge on any atom is -0.395 e. The Hall–Kier alpha value is -1.28. The van der Waals surface area contributed by atoms with Gasteiger partial charge in [0, 0.05) is 22.0 Å². The lowest BCUT2D eigenvalue weighted by Crippen LogP contribution is -2.21. The topological polar surface area (TPSA) is 36.0 Å². The highest BCUT2D eigenvalue weighted by Gasteiger charge is 2.21. The molecule has 1 aliphatic rings. The smallest absolute Gasteiger partial charge is 0.0522 e. The van der Waals surface area contributed by atoms with Crippen LogP contribution >= 0.6 is 0 Å². The van der Waals surface area contributed by atoms with Crippen molar-refractivity contribution in [1.82, 2.24) is 4.98 Å². The zero-order chi connectivity index (χ0) is 12.8. The molecule has 0 bridgehead atoms. The van der Waals surface area contributed by atoms with Gasteiger partial charge in [0.2, 0.25) is 0 Å². The number of aromatic amines is 1. The number of aliphatic hydroxyl groups is 1. The van der Waals surface area contributed by atoms with Crippen molar-refractivity contribution in [2.24, 2.45) is 0 Å². The molecule has 1 aromatic carbocycles. The van der Waals surface area contributed by atoms with Crippen LogP contribution in [0.3, 0.4) is 0 Å². The van der Waals surface area contributed by atoms with E-state index in [1.54, 1.807) is 0 Å². The Morgan fingerprint density at radius 3 is 2.78 bits per heavy atom. The molecule has 3 rings (SSSR count). The van der Waals surface area contributed by atoms with Crippen LogP contribution in [0, 0.1) is 0 Å². The van der Waals surface area contributed by atoms with E-state index in [1.165, 1.54) is 53.4 Å². The second kappa shape index (κ2) is 4.13. The molecule has 1 aliphatic carbocycles. The van der Waals surface area contributed by atoms with Crippen molar-refractivity contribution in [2.75, 3.05) is 6.61 Å². The average molecular weight is 243 g/mol. The number of aryl methyl sites for hydroxylation is 2. The first-order valence-corrected chi connectivity index (χ1v) is 6.86. The van der Waals surface area contributed by atoms with Gasteiger partial charge in [0.15, 0.2) is 0 Å². The molecule has 2 aromatic rings. The molecular formula is C16H21NO. The van der Waals surface area contributed by atoms with Gasteiger partial charge in [0.1, 0.15) is 0 Å². The maximum absolute atomic E-state index is 9.50. The molecule has 0 aliphatic heterocycles. The number of aromatic nitrogens is 1. The van der Waals surface area contributed by atoms with E-state index >= 15 is 0 Å². The number of fused-ring (bicyclic) bond motifs is 3. The molecule has 0 saturated carbocycles. The Morgan fingerprint density at radius 2 is 2.00 bits per heavy atom. The lowest BCUT2D eigenvalue weighted by molar-refractivity contribution is 0.218. The highest BCUT2D eigenvalue weighted by Crippen LogP contribution is 2.32. The van der Waals surface area contributed by atoms with Crippen LogP contribution < -0.4 is 0 Å². The predicted molar refractivity (Wildman–Crippen MR) is 75.1 cm³/mol. The first-order chi connectivity index (χ1) is 8.62. The molecule has 2 heteroatoms. The third kappa shape index (κ3) is 1.76. The van der Waals surface area contributed by atoms with Crippen LogP contribution in [0.4, 0.5) is 0 Å². The number of H-pyrrole nitrogens is 1. The fourth-order valence-electron chi connectivity index (χ4n) is 2.92. The molecule has 0 amide bonds. The minimum atomic E-state index is -0.160. The largest absolute Gasteiger partial charge is 0.395 e. The van der Waals surface area contributed by atoms with E-state index in [0.29, 0.717) is 0 Å². The van der Waals surface area contributed by atoms with Crippen LogP contribution in [0.5, 0.6) is 0 Å². The molecule has 0 atom stereocenters. The van der Waals surface area contributed by atoms with Crippen LogP contribution in [0.1, 0.15) is 43.5 Å². The summed E-state index contributed by atoms with van der Waals surface area (Å²) in [5.74, 6) is 0. The Kier molecular flexibility index (Phi) is 2.70. The van der Waals surface area contributed by atoms with Crippen LogP contribution in [-0.2, 0) is 18.3 Å². The van der Waals surface area contributed by atoms with E-state index in [-0.39, 0.29) is 12.0 Å². The molecule has 1 aromatic heterocycles. The van der Waals surface area contributed by atoms with Crippen molar-refractivity contribution in [3.63, 3.8) is 0 Å². The molecule has 0 spiro atoms. The Balaban J connectivity index is 2.16. The summed E-state index contributed by atoms with van der Waals surface area (Å²) in [6.45, 7) is 4.37. The van der Waals surface area contributed by atoms with Gasteiger partial charge in [0.05, 0.1) is 6.61 Å². The molecule has 0 unspecified atom stereocenters. The van der Waals surface area contributed by atoms with Gasteiger partial charge in [-0.2, -0.15) is 0 Å². The lowest BCUT2D eigenvalue weighted by atomic mass is 9.84. The van der Waals surface area contributed by atoms with Crippen molar-refractivity contribution in [2.45, 2.75) is 44.9 Å². The first-order valence-electron chi connectivity index (χ1n) is 6.86. The molecule has 96 valence electrons. The fourth-order valence-corrected chi connectivity index (χ4v) is 2.92. The zero-order valence-corrected chi connectivity index (χ0v) is 11.2. The molecule has 0 radical (unpaired) electrons. The SMILES string of the molecule is CC(C)(CO)c1ccc2[nH]c3c(c2c1)CCCC3. The maximum Gasteiger partial charge on any atom is 0.0522 e. The number of aliphatic hydroxyl groups excluding tert-OH is 1. The summed E-state index contributed by atoms with van der Waals surface area (Å²) in [5.41, 5.74) is 5.25. The number of nitrogens with one attached hydrogen (secondary N) is 1. The van der Waals surface area contributed by atoms with Crippen molar-refractivity contribution < 1.29 is 5.11 Å². The Bertz CT molecular complexity index is 580. The van der Waals surface area contributed by atoms with Gasteiger partial charge in [-0.25, -0.2) is 0 Å². The molecule has 0 fully saturated rings. The van der Waals surface area contributed by atoms with Crippen LogP contribution in [-0.4, -0.2) is 16.7 Å². The summed E-state index contributed by atoms with van der Waals surface area (Å²) in [7, 11) is 0. The van der Waals surface area contributed by atoms with Crippen molar-refractivity contribution in [1.29, 1.82) is 0 Å². The summed E-state index contributed by atoms with van der Waals surface area (Å²) in [5, 5.41) is 10.9. The summed E-state index contributed by atoms with van der Waals surface area (Å²) in [4.78, 5) is 3.55. The predicted octanol–water partition coefficient (Wildman–Crippen LogP) is 3.32. The molecular weight excluding hydrogens is 222 g/mol. The zero-order valence-electron chi connectivity index (χ0n) is 11.2. The van der Waals surface area contributed by atoms with Crippen molar-refractivity contribution >= 4 is 10.9 Å². The highest BCUT2D eigenvalue weighted by atomic mass is 16.3. The maximum atomic E-state index is 9.50. The molecule has 0 saturated heterocycles. The number of hydrogen-bond donors (Lipinski definition) is 2. The van der Waals surface area contributed by atoms with Gasteiger partial charge < -0.3 is 10.1 Å². The first kappa shape index (κ1) is 11.8. The normalized spacial score (nSPS) is 15.9. The third-order valence-corrected chi connectivity index (χ3v) is 4.27. The summed E-state index contributed by atoms with van der Waals surface area (Å²) in [6, 6.07) is 6.58. The molecule has 18 heavy (non-hydrogen) atoms. The van der Waals surface area contributed by atoms with Crippen LogP contribution in [0.15, 0.2) is 18.2 Å². The lowest BCUT2D eigenvalue weighted by Gasteiger charge is -2.22. The van der Waals surface area contributed by atoms with Crippen LogP contribution in [0.2, 0.25) is 0 Å². The molecule has 2 nitrogen and oxygen atoms in total. The van der Waals surface area contributed by atoms with Gasteiger partial charge in [0.25, 0.3) is 0 Å². The number of rotatable bonds is 2. The van der Waals surface area contributed by atoms with Gasteiger partial charge in [-0.05, 0) is 48.9 Å². The van der Waals surface area contributed by atoms with Gasteiger partial charge in [-0.3, -0.25) is 0 Å². The van der Waals surface area contributed by atoms with Gasteiger partial charge in [-0.15, -0.1) is 0 Å². The fraction of sp³-hybridized carbons (Fsp3) is 0.500. The van der Waals surface area contributed by atoms with Crippen molar-refractivity contribution in [3.05, 3.63) is 35.0 Å². The molecule has 2 N–H and O–H groups in total. The number of benzene rings is 1. The third-order valence-electron chi connectivity index (χ3n) is 4.27. The Morgan fingerprint density at radius 1 is 1.22 bits per heavy atom. The van der Waals surface area contributed by atoms with E-state index in [1.807, 2.05) is 0 Å². The number of hydrogen-bond acceptors (Lipinski definition) is 1. The minimum absolute atomic E-state index is 0.160. The van der Waals surface area contributed by atoms with E-state index in [2.05, 4.69) is 37.0 Å². The van der Waals surface area contributed by atoms with Crippen molar-refractivity contribution in [3.8, 4) is 0 Å². The second-order valence-corrected chi connectivity index (χ2v) is 6.09. The standard InChI is InChI=1S/C16H21NO/c1-16(2,10-18)11-7-8-15-13(9-11)12-5-3-4-6-14(12)17-15/h7-9,17-18H,3-6,10H2,1-2H3. The summed E-state index contributed by atoms with van der Waals surface area (Å²) < 4.78 is 0. The molecule has 1 heterocycles. The summed E-state index contributed by atoms with van der Waals surface area (Å²) >= 11 is 0. The monoisotopic (exact) mass is 243 g/mol.